The third kappa shape index (κ3) is 6.46. The lowest BCUT2D eigenvalue weighted by atomic mass is 9.76. The zero-order valence-electron chi connectivity index (χ0n) is 24.8. The average molecular weight is 527 g/mol. The Balaban J connectivity index is 2.43. The maximum Gasteiger partial charge on any atom is 0.331 e. The molecule has 8 nitrogen and oxygen atoms in total. The first-order valence-electron chi connectivity index (χ1n) is 13.2. The summed E-state index contributed by atoms with van der Waals surface area (Å²) >= 11 is 0. The summed E-state index contributed by atoms with van der Waals surface area (Å²) in [5.41, 5.74) is 1.11. The fraction of sp³-hybridized carbons (Fsp3) is 0.567. The lowest BCUT2D eigenvalue weighted by molar-refractivity contribution is -0.141. The van der Waals surface area contributed by atoms with Gasteiger partial charge in [-0.25, -0.2) is 4.79 Å². The fourth-order valence-corrected chi connectivity index (χ4v) is 5.13. The van der Waals surface area contributed by atoms with Gasteiger partial charge in [0.05, 0.1) is 12.1 Å². The molecule has 38 heavy (non-hydrogen) atoms. The Kier molecular flexibility index (Phi) is 9.59. The van der Waals surface area contributed by atoms with E-state index in [9.17, 15) is 19.5 Å². The number of para-hydroxylation sites is 1. The minimum absolute atomic E-state index is 0.0232. The summed E-state index contributed by atoms with van der Waals surface area (Å²) in [6.45, 7) is 15.2. The number of rotatable bonds is 10. The molecular formula is C30H46N4O4. The van der Waals surface area contributed by atoms with Gasteiger partial charge >= 0.3 is 5.97 Å². The second-order valence-electron chi connectivity index (χ2n) is 12.3. The number of carbonyl (C=O) groups excluding carboxylic acids is 2. The van der Waals surface area contributed by atoms with E-state index in [1.807, 2.05) is 67.6 Å². The number of aromatic nitrogens is 1. The van der Waals surface area contributed by atoms with Crippen LogP contribution in [0.4, 0.5) is 0 Å². The third-order valence-corrected chi connectivity index (χ3v) is 7.50. The average Bonchev–Trinajstić information content (AvgIpc) is 3.16. The van der Waals surface area contributed by atoms with Gasteiger partial charge < -0.3 is 25.2 Å². The number of likely N-dealkylation sites (N-methyl/N-ethyl adjacent to an activating group) is 2. The fourth-order valence-electron chi connectivity index (χ4n) is 5.13. The van der Waals surface area contributed by atoms with Gasteiger partial charge in [-0.2, -0.15) is 0 Å². The molecule has 3 N–H and O–H groups in total. The van der Waals surface area contributed by atoms with E-state index in [-0.39, 0.29) is 23.3 Å². The maximum atomic E-state index is 13.9. The quantitative estimate of drug-likeness (QED) is 0.405. The largest absolute Gasteiger partial charge is 0.478 e. The lowest BCUT2D eigenvalue weighted by Gasteiger charge is -2.39. The van der Waals surface area contributed by atoms with Gasteiger partial charge in [0.25, 0.3) is 0 Å². The highest BCUT2D eigenvalue weighted by atomic mass is 16.4. The molecule has 1 aromatic carbocycles. The molecule has 2 aromatic rings. The van der Waals surface area contributed by atoms with E-state index in [0.717, 1.165) is 16.5 Å². The van der Waals surface area contributed by atoms with Gasteiger partial charge in [0.15, 0.2) is 0 Å². The standard InChI is InChI=1S/C30H46N4O4/c1-18(2)23(16-19(3)28(37)38)34(11)27(36)25(29(4,5)6)32-26(35)24(31-9)30(7,8)21-17-33(10)22-15-13-12-14-20(21)22/h12-18,23-25,31H,1-11H3,(H,32,35)(H,37,38)/t23-,24+,25-/m1/s1. The molecule has 0 saturated heterocycles. The molecule has 0 spiro atoms. The molecule has 1 heterocycles. The van der Waals surface area contributed by atoms with Crippen LogP contribution in [0.2, 0.25) is 0 Å². The van der Waals surface area contributed by atoms with Crippen LogP contribution in [0.1, 0.15) is 61.0 Å². The van der Waals surface area contributed by atoms with Crippen molar-refractivity contribution >= 4 is 28.7 Å². The van der Waals surface area contributed by atoms with Crippen molar-refractivity contribution in [3.63, 3.8) is 0 Å². The van der Waals surface area contributed by atoms with E-state index >= 15 is 0 Å². The predicted octanol–water partition coefficient (Wildman–Crippen LogP) is 4.09. The molecule has 0 radical (unpaired) electrons. The summed E-state index contributed by atoms with van der Waals surface area (Å²) in [5.74, 6) is -1.59. The molecule has 0 aliphatic carbocycles. The van der Waals surface area contributed by atoms with Crippen molar-refractivity contribution in [2.75, 3.05) is 14.1 Å². The van der Waals surface area contributed by atoms with Gasteiger partial charge in [0.1, 0.15) is 6.04 Å². The van der Waals surface area contributed by atoms with Crippen LogP contribution < -0.4 is 10.6 Å². The van der Waals surface area contributed by atoms with Crippen LogP contribution in [0.5, 0.6) is 0 Å². The number of aliphatic carboxylic acids is 1. The van der Waals surface area contributed by atoms with E-state index in [0.29, 0.717) is 0 Å². The lowest BCUT2D eigenvalue weighted by Crippen LogP contribution is -2.61. The van der Waals surface area contributed by atoms with Gasteiger partial charge in [0, 0.05) is 42.2 Å². The maximum absolute atomic E-state index is 13.9. The number of hydrogen-bond acceptors (Lipinski definition) is 4. The SMILES string of the molecule is CN[C@@H](C(=O)N[C@H](C(=O)N(C)[C@H](C=C(C)C(=O)O)C(C)C)C(C)(C)C)C(C)(C)c1cn(C)c2ccccc12. The molecule has 0 unspecified atom stereocenters. The van der Waals surface area contributed by atoms with Gasteiger partial charge in [-0.15, -0.1) is 0 Å². The van der Waals surface area contributed by atoms with E-state index in [4.69, 9.17) is 0 Å². The molecule has 0 fully saturated rings. The minimum atomic E-state index is -1.02. The molecule has 8 heteroatoms. The summed E-state index contributed by atoms with van der Waals surface area (Å²) in [7, 11) is 5.41. The summed E-state index contributed by atoms with van der Waals surface area (Å²) in [4.78, 5) is 40.7. The number of fused-ring (bicyclic) bond motifs is 1. The highest BCUT2D eigenvalue weighted by molar-refractivity contribution is 5.93. The predicted molar refractivity (Wildman–Crippen MR) is 153 cm³/mol. The second kappa shape index (κ2) is 11.7. The van der Waals surface area contributed by atoms with Crippen molar-refractivity contribution in [1.29, 1.82) is 0 Å². The molecule has 210 valence electrons. The summed E-state index contributed by atoms with van der Waals surface area (Å²) in [5, 5.41) is 16.7. The molecule has 0 bridgehead atoms. The number of carboxylic acids is 1. The van der Waals surface area contributed by atoms with Gasteiger partial charge in [-0.3, -0.25) is 9.59 Å². The van der Waals surface area contributed by atoms with Crippen LogP contribution >= 0.6 is 0 Å². The summed E-state index contributed by atoms with van der Waals surface area (Å²) in [6.07, 6.45) is 3.67. The number of nitrogens with zero attached hydrogens (tertiary/aromatic N) is 2. The third-order valence-electron chi connectivity index (χ3n) is 7.50. The van der Waals surface area contributed by atoms with E-state index in [1.54, 1.807) is 25.1 Å². The Hall–Kier alpha value is -3.13. The Labute approximate surface area is 227 Å². The molecule has 3 atom stereocenters. The van der Waals surface area contributed by atoms with Crippen LogP contribution in [0.15, 0.2) is 42.1 Å². The van der Waals surface area contributed by atoms with Crippen LogP contribution in [-0.2, 0) is 26.8 Å². The van der Waals surface area contributed by atoms with Gasteiger partial charge in [-0.1, -0.05) is 72.7 Å². The molecule has 2 rings (SSSR count). The monoisotopic (exact) mass is 526 g/mol. The van der Waals surface area contributed by atoms with E-state index < -0.39 is 34.9 Å². The van der Waals surface area contributed by atoms with Crippen molar-refractivity contribution in [3.05, 3.63) is 47.7 Å². The second-order valence-corrected chi connectivity index (χ2v) is 12.3. The molecule has 1 aromatic heterocycles. The topological polar surface area (TPSA) is 104 Å². The molecule has 0 aliphatic heterocycles. The minimum Gasteiger partial charge on any atom is -0.478 e. The molecular weight excluding hydrogens is 480 g/mol. The summed E-state index contributed by atoms with van der Waals surface area (Å²) in [6, 6.07) is 6.23. The summed E-state index contributed by atoms with van der Waals surface area (Å²) < 4.78 is 2.06. The van der Waals surface area contributed by atoms with Crippen LogP contribution in [0.25, 0.3) is 10.9 Å². The Morgan fingerprint density at radius 2 is 1.63 bits per heavy atom. The van der Waals surface area contributed by atoms with Crippen molar-refractivity contribution < 1.29 is 19.5 Å². The van der Waals surface area contributed by atoms with E-state index in [1.165, 1.54) is 6.92 Å². The van der Waals surface area contributed by atoms with Crippen molar-refractivity contribution in [3.8, 4) is 0 Å². The van der Waals surface area contributed by atoms with Crippen LogP contribution in [0.3, 0.4) is 0 Å². The highest BCUT2D eigenvalue weighted by Crippen LogP contribution is 2.35. The Morgan fingerprint density at radius 1 is 1.05 bits per heavy atom. The zero-order chi connectivity index (χ0) is 29.2. The number of hydrogen-bond donors (Lipinski definition) is 3. The molecule has 2 amide bonds. The Bertz CT molecular complexity index is 1200. The van der Waals surface area contributed by atoms with Crippen molar-refractivity contribution in [2.24, 2.45) is 18.4 Å². The van der Waals surface area contributed by atoms with E-state index in [2.05, 4.69) is 33.5 Å². The normalized spacial score (nSPS) is 15.3. The Morgan fingerprint density at radius 3 is 2.13 bits per heavy atom. The number of carboxylic acid groups (broad SMARTS) is 1. The van der Waals surface area contributed by atoms with Crippen molar-refractivity contribution in [2.45, 2.75) is 78.9 Å². The van der Waals surface area contributed by atoms with Crippen molar-refractivity contribution in [1.82, 2.24) is 20.1 Å². The highest BCUT2D eigenvalue weighted by Gasteiger charge is 2.42. The van der Waals surface area contributed by atoms with Crippen LogP contribution in [0, 0.1) is 11.3 Å². The smallest absolute Gasteiger partial charge is 0.331 e. The molecule has 0 saturated carbocycles. The number of benzene rings is 1. The number of aryl methyl sites for hydroxylation is 1. The number of amides is 2. The first kappa shape index (κ1) is 31.1. The molecule has 0 aliphatic rings. The van der Waals surface area contributed by atoms with Crippen LogP contribution in [-0.4, -0.2) is 64.6 Å². The number of nitrogens with one attached hydrogen (secondary N) is 2. The zero-order valence-corrected chi connectivity index (χ0v) is 24.8. The first-order chi connectivity index (χ1) is 17.4. The van der Waals surface area contributed by atoms with Gasteiger partial charge in [-0.05, 0) is 36.9 Å². The first-order valence-corrected chi connectivity index (χ1v) is 13.2. The van der Waals surface area contributed by atoms with Gasteiger partial charge in [0.2, 0.25) is 11.8 Å². The number of carbonyl (C=O) groups is 3.